The van der Waals surface area contributed by atoms with E-state index in [9.17, 15) is 0 Å². The van der Waals surface area contributed by atoms with Gasteiger partial charge in [-0.25, -0.2) is 0 Å². The maximum atomic E-state index is 4.28. The summed E-state index contributed by atoms with van der Waals surface area (Å²) in [6, 6.07) is 8.41. The van der Waals surface area contributed by atoms with Crippen molar-refractivity contribution in [3.05, 3.63) is 47.0 Å². The first-order chi connectivity index (χ1) is 6.63. The van der Waals surface area contributed by atoms with Crippen LogP contribution in [0.2, 0.25) is 0 Å². The van der Waals surface area contributed by atoms with Crippen molar-refractivity contribution in [2.75, 3.05) is 7.05 Å². The SMILES string of the molecule is CN=C(C=C(C)C)c1cccc(C)c1. The zero-order valence-electron chi connectivity index (χ0n) is 9.33. The van der Waals surface area contributed by atoms with Crippen molar-refractivity contribution in [3.63, 3.8) is 0 Å². The first-order valence-electron chi connectivity index (χ1n) is 4.82. The predicted octanol–water partition coefficient (Wildman–Crippen LogP) is 3.38. The molecule has 1 aromatic rings. The molecule has 0 radical (unpaired) electrons. The van der Waals surface area contributed by atoms with E-state index in [2.05, 4.69) is 56.1 Å². The molecule has 0 aliphatic carbocycles. The molecule has 14 heavy (non-hydrogen) atoms. The van der Waals surface area contributed by atoms with E-state index in [1.54, 1.807) is 0 Å². The topological polar surface area (TPSA) is 12.4 Å². The number of rotatable bonds is 2. The van der Waals surface area contributed by atoms with Gasteiger partial charge in [0.1, 0.15) is 0 Å². The maximum Gasteiger partial charge on any atom is 0.0642 e. The highest BCUT2D eigenvalue weighted by Gasteiger charge is 1.98. The van der Waals surface area contributed by atoms with E-state index in [1.165, 1.54) is 16.7 Å². The fraction of sp³-hybridized carbons (Fsp3) is 0.308. The summed E-state index contributed by atoms with van der Waals surface area (Å²) >= 11 is 0. The van der Waals surface area contributed by atoms with Gasteiger partial charge in [0.05, 0.1) is 5.71 Å². The lowest BCUT2D eigenvalue weighted by Crippen LogP contribution is -1.97. The highest BCUT2D eigenvalue weighted by molar-refractivity contribution is 6.09. The number of allylic oxidation sites excluding steroid dienone is 2. The minimum Gasteiger partial charge on any atom is -0.288 e. The summed E-state index contributed by atoms with van der Waals surface area (Å²) in [6.45, 7) is 6.27. The Morgan fingerprint density at radius 3 is 2.50 bits per heavy atom. The maximum absolute atomic E-state index is 4.28. The molecule has 74 valence electrons. The lowest BCUT2D eigenvalue weighted by Gasteiger charge is -2.02. The van der Waals surface area contributed by atoms with Gasteiger partial charge in [-0.15, -0.1) is 0 Å². The first kappa shape index (κ1) is 10.7. The molecular formula is C13H17N. The van der Waals surface area contributed by atoms with Crippen LogP contribution in [0.3, 0.4) is 0 Å². The van der Waals surface area contributed by atoms with Crippen LogP contribution in [0.25, 0.3) is 0 Å². The fourth-order valence-corrected chi connectivity index (χ4v) is 1.35. The third kappa shape index (κ3) is 2.84. The van der Waals surface area contributed by atoms with E-state index < -0.39 is 0 Å². The molecule has 0 fully saturated rings. The van der Waals surface area contributed by atoms with Gasteiger partial charge in [-0.2, -0.15) is 0 Å². The lowest BCUT2D eigenvalue weighted by molar-refractivity contribution is 1.37. The summed E-state index contributed by atoms with van der Waals surface area (Å²) in [6.07, 6.45) is 2.11. The van der Waals surface area contributed by atoms with Crippen LogP contribution in [-0.2, 0) is 0 Å². The molecule has 0 heterocycles. The number of aliphatic imine (C=N–C) groups is 1. The van der Waals surface area contributed by atoms with Crippen LogP contribution in [0.1, 0.15) is 25.0 Å². The third-order valence-electron chi connectivity index (χ3n) is 1.98. The van der Waals surface area contributed by atoms with Gasteiger partial charge in [-0.1, -0.05) is 29.3 Å². The Labute approximate surface area is 86.2 Å². The van der Waals surface area contributed by atoms with Crippen molar-refractivity contribution in [1.29, 1.82) is 0 Å². The Hall–Kier alpha value is -1.37. The number of hydrogen-bond acceptors (Lipinski definition) is 1. The second kappa shape index (κ2) is 4.75. The smallest absolute Gasteiger partial charge is 0.0642 e. The van der Waals surface area contributed by atoms with Crippen molar-refractivity contribution in [1.82, 2.24) is 0 Å². The zero-order valence-corrected chi connectivity index (χ0v) is 9.33. The van der Waals surface area contributed by atoms with Gasteiger partial charge in [0, 0.05) is 7.05 Å². The molecule has 0 spiro atoms. The standard InChI is InChI=1S/C13H17N/c1-10(2)8-13(14-4)12-7-5-6-11(3)9-12/h5-9H,1-4H3. The molecule has 0 atom stereocenters. The molecule has 0 N–H and O–H groups in total. The summed E-state index contributed by atoms with van der Waals surface area (Å²) in [5, 5.41) is 0. The number of nitrogens with zero attached hydrogens (tertiary/aromatic N) is 1. The molecule has 1 heteroatoms. The van der Waals surface area contributed by atoms with Crippen molar-refractivity contribution >= 4 is 5.71 Å². The van der Waals surface area contributed by atoms with Crippen LogP contribution in [0.15, 0.2) is 40.9 Å². The van der Waals surface area contributed by atoms with Gasteiger partial charge in [-0.3, -0.25) is 4.99 Å². The molecule has 0 amide bonds. The average molecular weight is 187 g/mol. The van der Waals surface area contributed by atoms with Crippen LogP contribution in [0, 0.1) is 6.92 Å². The molecule has 1 rings (SSSR count). The van der Waals surface area contributed by atoms with Gasteiger partial charge in [0.25, 0.3) is 0 Å². The number of hydrogen-bond donors (Lipinski definition) is 0. The quantitative estimate of drug-likeness (QED) is 0.629. The summed E-state index contributed by atoms with van der Waals surface area (Å²) < 4.78 is 0. The summed E-state index contributed by atoms with van der Waals surface area (Å²) in [5.74, 6) is 0. The zero-order chi connectivity index (χ0) is 10.6. The molecule has 0 saturated heterocycles. The van der Waals surface area contributed by atoms with Crippen LogP contribution in [-0.4, -0.2) is 12.8 Å². The Bertz CT molecular complexity index is 369. The molecule has 0 saturated carbocycles. The highest BCUT2D eigenvalue weighted by atomic mass is 14.7. The fourth-order valence-electron chi connectivity index (χ4n) is 1.35. The average Bonchev–Trinajstić information content (AvgIpc) is 2.14. The predicted molar refractivity (Wildman–Crippen MR) is 63.1 cm³/mol. The van der Waals surface area contributed by atoms with E-state index in [1.807, 2.05) is 7.05 Å². The number of benzene rings is 1. The summed E-state index contributed by atoms with van der Waals surface area (Å²) in [5.41, 5.74) is 4.78. The van der Waals surface area contributed by atoms with Gasteiger partial charge in [0.15, 0.2) is 0 Å². The number of aryl methyl sites for hydroxylation is 1. The van der Waals surface area contributed by atoms with Gasteiger partial charge in [0.2, 0.25) is 0 Å². The molecule has 0 aliphatic heterocycles. The summed E-state index contributed by atoms with van der Waals surface area (Å²) in [7, 11) is 1.83. The van der Waals surface area contributed by atoms with E-state index in [4.69, 9.17) is 0 Å². The molecule has 1 aromatic carbocycles. The first-order valence-corrected chi connectivity index (χ1v) is 4.82. The Balaban J connectivity index is 3.09. The minimum absolute atomic E-state index is 1.05. The van der Waals surface area contributed by atoms with Crippen molar-refractivity contribution in [2.24, 2.45) is 4.99 Å². The van der Waals surface area contributed by atoms with Crippen molar-refractivity contribution in [3.8, 4) is 0 Å². The van der Waals surface area contributed by atoms with E-state index in [0.717, 1.165) is 5.71 Å². The third-order valence-corrected chi connectivity index (χ3v) is 1.98. The largest absolute Gasteiger partial charge is 0.288 e. The van der Waals surface area contributed by atoms with E-state index >= 15 is 0 Å². The molecule has 0 bridgehead atoms. The Morgan fingerprint density at radius 2 is 2.00 bits per heavy atom. The highest BCUT2D eigenvalue weighted by Crippen LogP contribution is 2.07. The van der Waals surface area contributed by atoms with Gasteiger partial charge < -0.3 is 0 Å². The van der Waals surface area contributed by atoms with Crippen LogP contribution in [0.5, 0.6) is 0 Å². The molecular weight excluding hydrogens is 170 g/mol. The molecule has 0 aliphatic rings. The molecule has 0 aromatic heterocycles. The monoisotopic (exact) mass is 187 g/mol. The second-order valence-corrected chi connectivity index (χ2v) is 3.70. The summed E-state index contributed by atoms with van der Waals surface area (Å²) in [4.78, 5) is 4.28. The lowest BCUT2D eigenvalue weighted by atomic mass is 10.1. The normalized spacial score (nSPS) is 11.3. The van der Waals surface area contributed by atoms with Crippen molar-refractivity contribution in [2.45, 2.75) is 20.8 Å². The van der Waals surface area contributed by atoms with Crippen molar-refractivity contribution < 1.29 is 0 Å². The van der Waals surface area contributed by atoms with Gasteiger partial charge >= 0.3 is 0 Å². The second-order valence-electron chi connectivity index (χ2n) is 3.70. The van der Waals surface area contributed by atoms with E-state index in [-0.39, 0.29) is 0 Å². The van der Waals surface area contributed by atoms with Gasteiger partial charge in [-0.05, 0) is 38.5 Å². The van der Waals surface area contributed by atoms with Crippen LogP contribution in [0.4, 0.5) is 0 Å². The van der Waals surface area contributed by atoms with Crippen LogP contribution >= 0.6 is 0 Å². The Kier molecular flexibility index (Phi) is 3.63. The minimum atomic E-state index is 1.05. The van der Waals surface area contributed by atoms with E-state index in [0.29, 0.717) is 0 Å². The molecule has 1 nitrogen and oxygen atoms in total. The Morgan fingerprint density at radius 1 is 1.29 bits per heavy atom. The molecule has 0 unspecified atom stereocenters. The van der Waals surface area contributed by atoms with Crippen LogP contribution < -0.4 is 0 Å².